The minimum absolute atomic E-state index is 0.0555. The highest BCUT2D eigenvalue weighted by molar-refractivity contribution is 5.88. The zero-order valence-electron chi connectivity index (χ0n) is 18.8. The van der Waals surface area contributed by atoms with E-state index in [2.05, 4.69) is 29.6 Å². The number of nitrogens with one attached hydrogen (secondary N) is 1. The summed E-state index contributed by atoms with van der Waals surface area (Å²) in [7, 11) is 0. The van der Waals surface area contributed by atoms with Gasteiger partial charge in [0.05, 0.1) is 6.04 Å². The largest absolute Gasteiger partial charge is 0.480 e. The van der Waals surface area contributed by atoms with Gasteiger partial charge in [-0.3, -0.25) is 4.79 Å². The van der Waals surface area contributed by atoms with Gasteiger partial charge in [-0.2, -0.15) is 0 Å². The number of likely N-dealkylation sites (tertiary alicyclic amines) is 1. The molecule has 34 heavy (non-hydrogen) atoms. The molecule has 0 saturated carbocycles. The number of hydrogen-bond donors (Lipinski definition) is 2. The van der Waals surface area contributed by atoms with E-state index in [1.807, 2.05) is 24.3 Å². The standard InChI is InChI=1S/C26H28N2O6/c29-24(28-13-6-5-11-22(28)25(30)31)23-21(12-14-33-23)27-26(32)34-15-20-18-9-3-1-7-16(18)17-8-2-4-10-19(17)20/h1-4,7-10,20-23H,5-6,11-15H2,(H,27,32)(H,30,31)/t21-,22+,23+/m0/s1. The third-order valence-electron chi connectivity index (χ3n) is 7.05. The van der Waals surface area contributed by atoms with Crippen LogP contribution in [0.1, 0.15) is 42.7 Å². The monoisotopic (exact) mass is 464 g/mol. The van der Waals surface area contributed by atoms with Crippen molar-refractivity contribution in [3.63, 3.8) is 0 Å². The zero-order valence-corrected chi connectivity index (χ0v) is 18.8. The lowest BCUT2D eigenvalue weighted by molar-refractivity contribution is -0.157. The number of amides is 2. The van der Waals surface area contributed by atoms with E-state index in [1.54, 1.807) is 0 Å². The average molecular weight is 465 g/mol. The van der Waals surface area contributed by atoms with Crippen molar-refractivity contribution < 1.29 is 29.0 Å². The summed E-state index contributed by atoms with van der Waals surface area (Å²) in [5.41, 5.74) is 4.55. The van der Waals surface area contributed by atoms with Crippen molar-refractivity contribution >= 4 is 18.0 Å². The van der Waals surface area contributed by atoms with Gasteiger partial charge in [-0.15, -0.1) is 0 Å². The van der Waals surface area contributed by atoms with Crippen LogP contribution in [0.3, 0.4) is 0 Å². The van der Waals surface area contributed by atoms with E-state index in [9.17, 15) is 19.5 Å². The van der Waals surface area contributed by atoms with Gasteiger partial charge in [-0.05, 0) is 47.9 Å². The molecule has 1 aliphatic carbocycles. The van der Waals surface area contributed by atoms with Gasteiger partial charge < -0.3 is 24.8 Å². The molecule has 2 N–H and O–H groups in total. The van der Waals surface area contributed by atoms with Crippen LogP contribution in [-0.4, -0.2) is 65.9 Å². The first-order valence-corrected chi connectivity index (χ1v) is 11.8. The number of carbonyl (C=O) groups excluding carboxylic acids is 2. The number of carboxylic acid groups (broad SMARTS) is 1. The lowest BCUT2D eigenvalue weighted by Gasteiger charge is -2.35. The van der Waals surface area contributed by atoms with E-state index in [1.165, 1.54) is 4.90 Å². The van der Waals surface area contributed by atoms with Crippen LogP contribution in [-0.2, 0) is 19.1 Å². The van der Waals surface area contributed by atoms with Crippen LogP contribution in [0.5, 0.6) is 0 Å². The SMILES string of the molecule is O=C(N[C@H]1CCO[C@H]1C(=O)N1CCCC[C@@H]1C(=O)O)OCC1c2ccccc2-c2ccccc21. The Morgan fingerprint density at radius 3 is 2.35 bits per heavy atom. The Hall–Kier alpha value is -3.39. The maximum atomic E-state index is 13.1. The molecule has 2 fully saturated rings. The molecule has 0 spiro atoms. The third kappa shape index (κ3) is 4.14. The molecular weight excluding hydrogens is 436 g/mol. The van der Waals surface area contributed by atoms with E-state index < -0.39 is 30.3 Å². The van der Waals surface area contributed by atoms with Crippen LogP contribution in [0, 0.1) is 0 Å². The molecule has 0 bridgehead atoms. The van der Waals surface area contributed by atoms with Crippen LogP contribution in [0.25, 0.3) is 11.1 Å². The van der Waals surface area contributed by atoms with Crippen LogP contribution < -0.4 is 5.32 Å². The number of alkyl carbamates (subject to hydrolysis) is 1. The summed E-state index contributed by atoms with van der Waals surface area (Å²) in [4.78, 5) is 38.8. The number of benzene rings is 2. The van der Waals surface area contributed by atoms with Crippen LogP contribution >= 0.6 is 0 Å². The van der Waals surface area contributed by atoms with Crippen molar-refractivity contribution in [3.05, 3.63) is 59.7 Å². The molecule has 8 heteroatoms. The Balaban J connectivity index is 1.23. The summed E-state index contributed by atoms with van der Waals surface area (Å²) in [5.74, 6) is -1.44. The van der Waals surface area contributed by atoms with E-state index in [4.69, 9.17) is 9.47 Å². The molecule has 2 aromatic rings. The minimum atomic E-state index is -1.01. The minimum Gasteiger partial charge on any atom is -0.480 e. The Morgan fingerprint density at radius 2 is 1.68 bits per heavy atom. The van der Waals surface area contributed by atoms with Crippen LogP contribution in [0.15, 0.2) is 48.5 Å². The normalized spacial score (nSPS) is 23.8. The summed E-state index contributed by atoms with van der Waals surface area (Å²) < 4.78 is 11.2. The van der Waals surface area contributed by atoms with Gasteiger partial charge in [0.25, 0.3) is 5.91 Å². The maximum absolute atomic E-state index is 13.1. The van der Waals surface area contributed by atoms with Crippen molar-refractivity contribution in [2.45, 2.75) is 49.8 Å². The molecular formula is C26H28N2O6. The second-order valence-electron chi connectivity index (χ2n) is 9.04. The second-order valence-corrected chi connectivity index (χ2v) is 9.04. The quantitative estimate of drug-likeness (QED) is 0.704. The zero-order chi connectivity index (χ0) is 23.7. The number of hydrogen-bond acceptors (Lipinski definition) is 5. The molecule has 2 saturated heterocycles. The van der Waals surface area contributed by atoms with E-state index in [-0.39, 0.29) is 18.4 Å². The highest BCUT2D eigenvalue weighted by Gasteiger charge is 2.42. The van der Waals surface area contributed by atoms with Gasteiger partial charge in [0, 0.05) is 19.1 Å². The first kappa shape index (κ1) is 22.4. The summed E-state index contributed by atoms with van der Waals surface area (Å²) in [6.45, 7) is 0.878. The predicted octanol–water partition coefficient (Wildman–Crippen LogP) is 3.15. The lowest BCUT2D eigenvalue weighted by atomic mass is 9.98. The summed E-state index contributed by atoms with van der Waals surface area (Å²) in [5, 5.41) is 12.3. The molecule has 0 radical (unpaired) electrons. The Bertz CT molecular complexity index is 1060. The van der Waals surface area contributed by atoms with Gasteiger partial charge >= 0.3 is 12.1 Å². The van der Waals surface area contributed by atoms with Gasteiger partial charge in [0.1, 0.15) is 12.6 Å². The fourth-order valence-corrected chi connectivity index (χ4v) is 5.39. The first-order chi connectivity index (χ1) is 16.5. The lowest BCUT2D eigenvalue weighted by Crippen LogP contribution is -2.55. The van der Waals surface area contributed by atoms with Crippen molar-refractivity contribution in [3.8, 4) is 11.1 Å². The van der Waals surface area contributed by atoms with Crippen molar-refractivity contribution in [1.29, 1.82) is 0 Å². The molecule has 2 amide bonds. The van der Waals surface area contributed by atoms with Crippen molar-refractivity contribution in [2.75, 3.05) is 19.8 Å². The fraction of sp³-hybridized carbons (Fsp3) is 0.423. The molecule has 0 unspecified atom stereocenters. The number of carbonyl (C=O) groups is 3. The van der Waals surface area contributed by atoms with E-state index in [0.717, 1.165) is 35.1 Å². The number of aliphatic carboxylic acids is 1. The topological polar surface area (TPSA) is 105 Å². The van der Waals surface area contributed by atoms with E-state index >= 15 is 0 Å². The molecule has 5 rings (SSSR count). The number of piperidine rings is 1. The predicted molar refractivity (Wildman–Crippen MR) is 123 cm³/mol. The van der Waals surface area contributed by atoms with Crippen LogP contribution in [0.2, 0.25) is 0 Å². The number of nitrogens with zero attached hydrogens (tertiary/aromatic N) is 1. The number of ether oxygens (including phenoxy) is 2. The third-order valence-corrected chi connectivity index (χ3v) is 7.05. The molecule has 2 aromatic carbocycles. The number of fused-ring (bicyclic) bond motifs is 3. The van der Waals surface area contributed by atoms with Gasteiger partial charge in [-0.25, -0.2) is 9.59 Å². The van der Waals surface area contributed by atoms with Crippen molar-refractivity contribution in [1.82, 2.24) is 10.2 Å². The fourth-order valence-electron chi connectivity index (χ4n) is 5.39. The Kier molecular flexibility index (Phi) is 6.24. The van der Waals surface area contributed by atoms with E-state index in [0.29, 0.717) is 26.0 Å². The van der Waals surface area contributed by atoms with Crippen molar-refractivity contribution in [2.24, 2.45) is 0 Å². The molecule has 178 valence electrons. The summed E-state index contributed by atoms with van der Waals surface area (Å²) in [6, 6.07) is 14.8. The highest BCUT2D eigenvalue weighted by atomic mass is 16.6. The smallest absolute Gasteiger partial charge is 0.407 e. The summed E-state index contributed by atoms with van der Waals surface area (Å²) in [6.07, 6.45) is 0.911. The van der Waals surface area contributed by atoms with Crippen LogP contribution in [0.4, 0.5) is 4.79 Å². The molecule has 3 aliphatic rings. The van der Waals surface area contributed by atoms with Gasteiger partial charge in [0.15, 0.2) is 6.10 Å². The molecule has 8 nitrogen and oxygen atoms in total. The van der Waals surface area contributed by atoms with Gasteiger partial charge in [-0.1, -0.05) is 48.5 Å². The maximum Gasteiger partial charge on any atom is 0.407 e. The van der Waals surface area contributed by atoms with Gasteiger partial charge in [0.2, 0.25) is 0 Å². The Morgan fingerprint density at radius 1 is 1.00 bits per heavy atom. The number of carboxylic acids is 1. The highest BCUT2D eigenvalue weighted by Crippen LogP contribution is 2.44. The Labute approximate surface area is 197 Å². The molecule has 2 heterocycles. The second kappa shape index (κ2) is 9.46. The molecule has 0 aromatic heterocycles. The average Bonchev–Trinajstić information content (AvgIpc) is 3.44. The summed E-state index contributed by atoms with van der Waals surface area (Å²) >= 11 is 0. The number of rotatable bonds is 5. The first-order valence-electron chi connectivity index (χ1n) is 11.8. The molecule has 2 aliphatic heterocycles. The molecule has 3 atom stereocenters.